The highest BCUT2D eigenvalue weighted by molar-refractivity contribution is 6.34. The van der Waals surface area contributed by atoms with Gasteiger partial charge in [0, 0.05) is 17.9 Å². The molecule has 4 nitrogen and oxygen atoms in total. The molecule has 0 heterocycles. The molecule has 0 bridgehead atoms. The molecule has 0 aliphatic carbocycles. The number of hydrogen-bond donors (Lipinski definition) is 4. The van der Waals surface area contributed by atoms with E-state index in [-0.39, 0.29) is 0 Å². The molecular formula is C20H21ClN4. The van der Waals surface area contributed by atoms with Gasteiger partial charge in [-0.2, -0.15) is 0 Å². The molecule has 3 aromatic carbocycles. The van der Waals surface area contributed by atoms with Crippen molar-refractivity contribution >= 4 is 28.7 Å². The van der Waals surface area contributed by atoms with Gasteiger partial charge in [0.25, 0.3) is 0 Å². The Balaban J connectivity index is 1.52. The van der Waals surface area contributed by atoms with Crippen molar-refractivity contribution < 1.29 is 0 Å². The Morgan fingerprint density at radius 2 is 1.36 bits per heavy atom. The summed E-state index contributed by atoms with van der Waals surface area (Å²) in [6.07, 6.45) is 0. The van der Waals surface area contributed by atoms with Crippen LogP contribution in [-0.2, 0) is 6.54 Å². The van der Waals surface area contributed by atoms with Crippen LogP contribution in [0.5, 0.6) is 0 Å². The zero-order valence-corrected chi connectivity index (χ0v) is 14.6. The minimum Gasteiger partial charge on any atom is -0.368 e. The topological polar surface area (TPSA) is 48.1 Å². The number of para-hydroxylation sites is 2. The molecular weight excluding hydrogens is 332 g/mol. The predicted octanol–water partition coefficient (Wildman–Crippen LogP) is 4.94. The highest BCUT2D eigenvalue weighted by Crippen LogP contribution is 2.25. The van der Waals surface area contributed by atoms with Gasteiger partial charge < -0.3 is 16.1 Å². The van der Waals surface area contributed by atoms with Crippen molar-refractivity contribution in [1.82, 2.24) is 5.43 Å². The van der Waals surface area contributed by atoms with Crippen LogP contribution < -0.4 is 21.5 Å². The van der Waals surface area contributed by atoms with E-state index in [2.05, 4.69) is 21.5 Å². The summed E-state index contributed by atoms with van der Waals surface area (Å²) in [4.78, 5) is 0. The maximum atomic E-state index is 6.51. The van der Waals surface area contributed by atoms with Crippen LogP contribution in [0.25, 0.3) is 0 Å². The molecule has 0 aliphatic heterocycles. The highest BCUT2D eigenvalue weighted by atomic mass is 35.5. The zero-order valence-electron chi connectivity index (χ0n) is 13.8. The Kier molecular flexibility index (Phi) is 6.15. The van der Waals surface area contributed by atoms with Crippen molar-refractivity contribution in [3.05, 3.63) is 89.4 Å². The van der Waals surface area contributed by atoms with Gasteiger partial charge in [-0.1, -0.05) is 60.1 Å². The van der Waals surface area contributed by atoms with Gasteiger partial charge in [-0.05, 0) is 35.9 Å². The smallest absolute Gasteiger partial charge is 0.0849 e. The Hall–Kier alpha value is -2.69. The lowest BCUT2D eigenvalue weighted by atomic mass is 10.2. The summed E-state index contributed by atoms with van der Waals surface area (Å²) >= 11 is 6.51. The van der Waals surface area contributed by atoms with Crippen LogP contribution in [0.15, 0.2) is 78.9 Å². The first-order valence-corrected chi connectivity index (χ1v) is 8.55. The van der Waals surface area contributed by atoms with Gasteiger partial charge in [-0.25, -0.2) is 5.43 Å². The van der Waals surface area contributed by atoms with Crippen molar-refractivity contribution in [2.45, 2.75) is 6.54 Å². The van der Waals surface area contributed by atoms with E-state index < -0.39 is 0 Å². The lowest BCUT2D eigenvalue weighted by Gasteiger charge is -2.14. The number of hydrazine groups is 1. The van der Waals surface area contributed by atoms with Gasteiger partial charge in [-0.15, -0.1) is 0 Å². The van der Waals surface area contributed by atoms with Gasteiger partial charge in [0.1, 0.15) is 0 Å². The maximum absolute atomic E-state index is 6.51. The second kappa shape index (κ2) is 8.97. The Morgan fingerprint density at radius 3 is 2.08 bits per heavy atom. The monoisotopic (exact) mass is 352 g/mol. The van der Waals surface area contributed by atoms with Crippen molar-refractivity contribution in [3.8, 4) is 0 Å². The van der Waals surface area contributed by atoms with Gasteiger partial charge in [-0.3, -0.25) is 0 Å². The van der Waals surface area contributed by atoms with E-state index in [0.29, 0.717) is 13.2 Å². The van der Waals surface area contributed by atoms with Crippen molar-refractivity contribution in [3.63, 3.8) is 0 Å². The molecule has 0 radical (unpaired) electrons. The zero-order chi connectivity index (χ0) is 17.3. The molecule has 0 fully saturated rings. The Bertz CT molecular complexity index is 714. The summed E-state index contributed by atoms with van der Waals surface area (Å²) < 4.78 is 0. The van der Waals surface area contributed by atoms with Crippen LogP contribution in [0, 0.1) is 0 Å². The molecule has 0 atom stereocenters. The Labute approximate surface area is 153 Å². The van der Waals surface area contributed by atoms with E-state index in [0.717, 1.165) is 27.6 Å². The Morgan fingerprint density at radius 1 is 0.680 bits per heavy atom. The predicted molar refractivity (Wildman–Crippen MR) is 107 cm³/mol. The summed E-state index contributed by atoms with van der Waals surface area (Å²) in [5.41, 5.74) is 10.4. The number of anilines is 3. The first-order valence-electron chi connectivity index (χ1n) is 8.17. The standard InChI is InChI=1S/C20H21ClN4/c21-20-16(14-24-25-18-11-5-2-6-12-18)8-7-13-19(20)23-15-22-17-9-3-1-4-10-17/h1-13,22-25H,14-15H2. The highest BCUT2D eigenvalue weighted by Gasteiger charge is 2.05. The lowest BCUT2D eigenvalue weighted by molar-refractivity contribution is 0.802. The third-order valence-electron chi connectivity index (χ3n) is 3.71. The third kappa shape index (κ3) is 5.14. The van der Waals surface area contributed by atoms with E-state index in [4.69, 9.17) is 11.6 Å². The number of rotatable bonds is 8. The summed E-state index contributed by atoms with van der Waals surface area (Å²) in [7, 11) is 0. The van der Waals surface area contributed by atoms with E-state index in [9.17, 15) is 0 Å². The molecule has 0 saturated heterocycles. The average molecular weight is 353 g/mol. The van der Waals surface area contributed by atoms with E-state index in [1.54, 1.807) is 0 Å². The van der Waals surface area contributed by atoms with Crippen LogP contribution in [0.4, 0.5) is 17.1 Å². The molecule has 5 heteroatoms. The fourth-order valence-corrected chi connectivity index (χ4v) is 2.67. The summed E-state index contributed by atoms with van der Waals surface area (Å²) in [6.45, 7) is 1.22. The number of halogens is 1. The lowest BCUT2D eigenvalue weighted by Crippen LogP contribution is -2.21. The van der Waals surface area contributed by atoms with Gasteiger partial charge in [0.15, 0.2) is 0 Å². The molecule has 25 heavy (non-hydrogen) atoms. The van der Waals surface area contributed by atoms with Crippen molar-refractivity contribution in [2.24, 2.45) is 0 Å². The second-order valence-corrected chi connectivity index (χ2v) is 5.90. The van der Waals surface area contributed by atoms with E-state index in [1.165, 1.54) is 0 Å². The minimum atomic E-state index is 0.600. The molecule has 0 spiro atoms. The molecule has 0 amide bonds. The first-order chi connectivity index (χ1) is 12.3. The van der Waals surface area contributed by atoms with Gasteiger partial charge in [0.2, 0.25) is 0 Å². The summed E-state index contributed by atoms with van der Waals surface area (Å²) in [6, 6.07) is 26.0. The summed E-state index contributed by atoms with van der Waals surface area (Å²) in [5.74, 6) is 0. The molecule has 4 N–H and O–H groups in total. The van der Waals surface area contributed by atoms with E-state index in [1.807, 2.05) is 78.9 Å². The third-order valence-corrected chi connectivity index (χ3v) is 4.16. The molecule has 0 saturated carbocycles. The quantitative estimate of drug-likeness (QED) is 0.342. The molecule has 0 aliphatic rings. The normalized spacial score (nSPS) is 10.3. The van der Waals surface area contributed by atoms with Crippen LogP contribution in [-0.4, -0.2) is 6.67 Å². The molecule has 0 aromatic heterocycles. The molecule has 3 aromatic rings. The largest absolute Gasteiger partial charge is 0.368 e. The fraction of sp³-hybridized carbons (Fsp3) is 0.100. The number of hydrogen-bond acceptors (Lipinski definition) is 4. The first kappa shape index (κ1) is 17.1. The summed E-state index contributed by atoms with van der Waals surface area (Å²) in [5, 5.41) is 7.35. The number of nitrogens with one attached hydrogen (secondary N) is 4. The van der Waals surface area contributed by atoms with Crippen LogP contribution in [0.1, 0.15) is 5.56 Å². The van der Waals surface area contributed by atoms with Crippen molar-refractivity contribution in [2.75, 3.05) is 22.7 Å². The van der Waals surface area contributed by atoms with Crippen LogP contribution >= 0.6 is 11.6 Å². The van der Waals surface area contributed by atoms with Crippen LogP contribution in [0.2, 0.25) is 5.02 Å². The second-order valence-electron chi connectivity index (χ2n) is 5.52. The van der Waals surface area contributed by atoms with Gasteiger partial charge >= 0.3 is 0 Å². The molecule has 0 unspecified atom stereocenters. The van der Waals surface area contributed by atoms with E-state index >= 15 is 0 Å². The number of benzene rings is 3. The molecule has 3 rings (SSSR count). The average Bonchev–Trinajstić information content (AvgIpc) is 2.66. The van der Waals surface area contributed by atoms with Crippen molar-refractivity contribution in [1.29, 1.82) is 0 Å². The fourth-order valence-electron chi connectivity index (χ4n) is 2.41. The maximum Gasteiger partial charge on any atom is 0.0849 e. The van der Waals surface area contributed by atoms with Crippen LogP contribution in [0.3, 0.4) is 0 Å². The molecule has 128 valence electrons. The van der Waals surface area contributed by atoms with Gasteiger partial charge in [0.05, 0.1) is 17.4 Å². The SMILES string of the molecule is Clc1c(CNNc2ccccc2)cccc1NCNc1ccccc1. The minimum absolute atomic E-state index is 0.600.